The minimum Gasteiger partial charge on any atom is -0.493 e. The third-order valence-corrected chi connectivity index (χ3v) is 3.66. The van der Waals surface area contributed by atoms with Gasteiger partial charge in [0.15, 0.2) is 11.5 Å². The van der Waals surface area contributed by atoms with E-state index in [2.05, 4.69) is 15.4 Å². The Morgan fingerprint density at radius 3 is 2.37 bits per heavy atom. The molecule has 0 heterocycles. The number of halogens is 2. The van der Waals surface area contributed by atoms with Gasteiger partial charge in [0, 0.05) is 12.1 Å². The molecular formula is C19H20F2N2O4. The van der Waals surface area contributed by atoms with Crippen molar-refractivity contribution in [2.24, 2.45) is 0 Å². The van der Waals surface area contributed by atoms with E-state index in [1.807, 2.05) is 31.2 Å². The second-order valence-electron chi connectivity index (χ2n) is 5.69. The third kappa shape index (κ3) is 6.25. The molecule has 0 bridgehead atoms. The molecule has 2 aromatic rings. The Hall–Kier alpha value is -3.16. The Balaban J connectivity index is 1.87. The number of carbonyl (C=O) groups is 2. The molecule has 8 heteroatoms. The zero-order valence-electron chi connectivity index (χ0n) is 14.9. The SMILES string of the molecule is COc1cc(C(=O)NCC(=O)NCc2ccc(C)cc2)ccc1OC(F)F. The topological polar surface area (TPSA) is 76.7 Å². The molecular weight excluding hydrogens is 358 g/mol. The molecule has 0 atom stereocenters. The predicted octanol–water partition coefficient (Wildman–Crippen LogP) is 2.65. The summed E-state index contributed by atoms with van der Waals surface area (Å²) in [7, 11) is 1.27. The van der Waals surface area contributed by atoms with Crippen LogP contribution >= 0.6 is 0 Å². The minimum atomic E-state index is -3.00. The first kappa shape index (κ1) is 20.2. The van der Waals surface area contributed by atoms with Gasteiger partial charge in [-0.3, -0.25) is 9.59 Å². The van der Waals surface area contributed by atoms with Crippen LogP contribution < -0.4 is 20.1 Å². The van der Waals surface area contributed by atoms with Gasteiger partial charge in [0.05, 0.1) is 13.7 Å². The number of methoxy groups -OCH3 is 1. The first-order valence-corrected chi connectivity index (χ1v) is 8.12. The maximum atomic E-state index is 12.3. The van der Waals surface area contributed by atoms with Crippen LogP contribution in [-0.4, -0.2) is 32.1 Å². The van der Waals surface area contributed by atoms with Crippen LogP contribution in [0.4, 0.5) is 8.78 Å². The third-order valence-electron chi connectivity index (χ3n) is 3.66. The summed E-state index contributed by atoms with van der Waals surface area (Å²) in [6.07, 6.45) is 0. The van der Waals surface area contributed by atoms with Crippen LogP contribution in [0.15, 0.2) is 42.5 Å². The monoisotopic (exact) mass is 378 g/mol. The maximum Gasteiger partial charge on any atom is 0.387 e. The van der Waals surface area contributed by atoms with Crippen molar-refractivity contribution in [1.29, 1.82) is 0 Å². The number of rotatable bonds is 8. The summed E-state index contributed by atoms with van der Waals surface area (Å²) in [5.74, 6) is -1.08. The summed E-state index contributed by atoms with van der Waals surface area (Å²) in [6.45, 7) is -0.903. The standard InChI is InChI=1S/C19H20F2N2O4/c1-12-3-5-13(6-4-12)10-22-17(24)11-23-18(25)14-7-8-15(27-19(20)21)16(9-14)26-2/h3-9,19H,10-11H2,1-2H3,(H,22,24)(H,23,25). The molecule has 0 aromatic heterocycles. The lowest BCUT2D eigenvalue weighted by atomic mass is 10.1. The van der Waals surface area contributed by atoms with Gasteiger partial charge in [-0.1, -0.05) is 29.8 Å². The molecule has 2 N–H and O–H groups in total. The zero-order valence-corrected chi connectivity index (χ0v) is 14.9. The van der Waals surface area contributed by atoms with Crippen LogP contribution in [0.1, 0.15) is 21.5 Å². The molecule has 0 spiro atoms. The van der Waals surface area contributed by atoms with Gasteiger partial charge < -0.3 is 20.1 Å². The van der Waals surface area contributed by atoms with E-state index in [0.29, 0.717) is 6.54 Å². The van der Waals surface area contributed by atoms with Crippen molar-refractivity contribution in [3.05, 3.63) is 59.2 Å². The quantitative estimate of drug-likeness (QED) is 0.741. The zero-order chi connectivity index (χ0) is 19.8. The van der Waals surface area contributed by atoms with Crippen molar-refractivity contribution in [3.63, 3.8) is 0 Å². The van der Waals surface area contributed by atoms with Crippen molar-refractivity contribution in [2.45, 2.75) is 20.1 Å². The summed E-state index contributed by atoms with van der Waals surface area (Å²) < 4.78 is 33.9. The fourth-order valence-electron chi connectivity index (χ4n) is 2.23. The van der Waals surface area contributed by atoms with Gasteiger partial charge in [0.25, 0.3) is 5.91 Å². The largest absolute Gasteiger partial charge is 0.493 e. The molecule has 2 amide bonds. The lowest BCUT2D eigenvalue weighted by molar-refractivity contribution is -0.120. The molecule has 2 rings (SSSR count). The molecule has 0 fully saturated rings. The highest BCUT2D eigenvalue weighted by Crippen LogP contribution is 2.29. The molecule has 2 aromatic carbocycles. The van der Waals surface area contributed by atoms with Crippen molar-refractivity contribution in [1.82, 2.24) is 10.6 Å². The number of benzene rings is 2. The average Bonchev–Trinajstić information content (AvgIpc) is 2.65. The highest BCUT2D eigenvalue weighted by molar-refractivity contribution is 5.97. The first-order chi connectivity index (χ1) is 12.9. The van der Waals surface area contributed by atoms with Crippen LogP contribution in [-0.2, 0) is 11.3 Å². The van der Waals surface area contributed by atoms with Crippen LogP contribution in [0.5, 0.6) is 11.5 Å². The van der Waals surface area contributed by atoms with Gasteiger partial charge in [-0.2, -0.15) is 8.78 Å². The van der Waals surface area contributed by atoms with Gasteiger partial charge in [-0.05, 0) is 30.7 Å². The van der Waals surface area contributed by atoms with Crippen molar-refractivity contribution < 1.29 is 27.8 Å². The Morgan fingerprint density at radius 2 is 1.74 bits per heavy atom. The smallest absolute Gasteiger partial charge is 0.387 e. The Morgan fingerprint density at radius 1 is 1.04 bits per heavy atom. The van der Waals surface area contributed by atoms with E-state index in [0.717, 1.165) is 11.1 Å². The number of amides is 2. The van der Waals surface area contributed by atoms with E-state index in [9.17, 15) is 18.4 Å². The predicted molar refractivity (Wildman–Crippen MR) is 95.0 cm³/mol. The average molecular weight is 378 g/mol. The lowest BCUT2D eigenvalue weighted by Gasteiger charge is -2.11. The fraction of sp³-hybridized carbons (Fsp3) is 0.263. The van der Waals surface area contributed by atoms with E-state index in [-0.39, 0.29) is 29.5 Å². The Bertz CT molecular complexity index is 795. The summed E-state index contributed by atoms with van der Waals surface area (Å²) in [5.41, 5.74) is 2.22. The van der Waals surface area contributed by atoms with E-state index in [1.54, 1.807) is 0 Å². The number of carbonyl (C=O) groups excluding carboxylic acids is 2. The molecule has 27 heavy (non-hydrogen) atoms. The van der Waals surface area contributed by atoms with Crippen LogP contribution in [0.3, 0.4) is 0 Å². The highest BCUT2D eigenvalue weighted by atomic mass is 19.3. The van der Waals surface area contributed by atoms with Gasteiger partial charge in [-0.15, -0.1) is 0 Å². The molecule has 0 unspecified atom stereocenters. The summed E-state index contributed by atoms with van der Waals surface area (Å²) in [5, 5.41) is 5.16. The molecule has 144 valence electrons. The fourth-order valence-corrected chi connectivity index (χ4v) is 2.23. The number of aryl methyl sites for hydroxylation is 1. The molecule has 0 aliphatic carbocycles. The van der Waals surface area contributed by atoms with Crippen LogP contribution in [0.25, 0.3) is 0 Å². The van der Waals surface area contributed by atoms with E-state index >= 15 is 0 Å². The van der Waals surface area contributed by atoms with Gasteiger partial charge in [0.1, 0.15) is 0 Å². The second-order valence-corrected chi connectivity index (χ2v) is 5.69. The number of alkyl halides is 2. The first-order valence-electron chi connectivity index (χ1n) is 8.12. The van der Waals surface area contributed by atoms with Crippen LogP contribution in [0.2, 0.25) is 0 Å². The number of nitrogens with one attached hydrogen (secondary N) is 2. The van der Waals surface area contributed by atoms with Gasteiger partial charge >= 0.3 is 6.61 Å². The van der Waals surface area contributed by atoms with E-state index in [1.165, 1.54) is 25.3 Å². The van der Waals surface area contributed by atoms with Crippen LogP contribution in [0, 0.1) is 6.92 Å². The highest BCUT2D eigenvalue weighted by Gasteiger charge is 2.14. The maximum absolute atomic E-state index is 12.3. The number of hydrogen-bond acceptors (Lipinski definition) is 4. The van der Waals surface area contributed by atoms with Crippen molar-refractivity contribution in [2.75, 3.05) is 13.7 Å². The molecule has 6 nitrogen and oxygen atoms in total. The second kappa shape index (κ2) is 9.51. The molecule has 0 aliphatic rings. The summed E-state index contributed by atoms with van der Waals surface area (Å²) >= 11 is 0. The molecule has 0 aliphatic heterocycles. The summed E-state index contributed by atoms with van der Waals surface area (Å²) in [6, 6.07) is 11.5. The number of hydrogen-bond donors (Lipinski definition) is 2. The lowest BCUT2D eigenvalue weighted by Crippen LogP contribution is -2.36. The molecule has 0 saturated carbocycles. The van der Waals surface area contributed by atoms with E-state index < -0.39 is 12.5 Å². The Labute approximate surface area is 155 Å². The molecule has 0 radical (unpaired) electrons. The van der Waals surface area contributed by atoms with E-state index in [4.69, 9.17) is 4.74 Å². The van der Waals surface area contributed by atoms with Crippen molar-refractivity contribution in [3.8, 4) is 11.5 Å². The Kier molecular flexibility index (Phi) is 7.10. The molecule has 0 saturated heterocycles. The van der Waals surface area contributed by atoms with Gasteiger partial charge in [-0.25, -0.2) is 0 Å². The van der Waals surface area contributed by atoms with Crippen molar-refractivity contribution >= 4 is 11.8 Å². The normalized spacial score (nSPS) is 10.4. The summed E-state index contributed by atoms with van der Waals surface area (Å²) in [4.78, 5) is 24.0. The number of ether oxygens (including phenoxy) is 2. The minimum absolute atomic E-state index is 0.00762. The van der Waals surface area contributed by atoms with Gasteiger partial charge in [0.2, 0.25) is 5.91 Å².